The Balaban J connectivity index is 2.13. The molecule has 0 atom stereocenters. The van der Waals surface area contributed by atoms with Crippen LogP contribution in [-0.2, 0) is 13.6 Å². The third-order valence-corrected chi connectivity index (χ3v) is 2.62. The van der Waals surface area contributed by atoms with Crippen LogP contribution in [0, 0.1) is 0 Å². The molecule has 2 N–H and O–H groups in total. The van der Waals surface area contributed by atoms with Crippen molar-refractivity contribution in [3.05, 3.63) is 35.0 Å². The molecule has 18 heavy (non-hydrogen) atoms. The third-order valence-electron chi connectivity index (χ3n) is 2.32. The highest BCUT2D eigenvalue weighted by molar-refractivity contribution is 6.33. The molecule has 0 aliphatic rings. The summed E-state index contributed by atoms with van der Waals surface area (Å²) in [6, 6.07) is 1.38. The summed E-state index contributed by atoms with van der Waals surface area (Å²) in [6.07, 6.45) is 2.87. The molecule has 2 aromatic rings. The van der Waals surface area contributed by atoms with E-state index in [9.17, 15) is 4.79 Å². The van der Waals surface area contributed by atoms with Gasteiger partial charge in [-0.3, -0.25) is 0 Å². The second-order valence-electron chi connectivity index (χ2n) is 3.57. The van der Waals surface area contributed by atoms with Gasteiger partial charge in [-0.05, 0) is 6.07 Å². The van der Waals surface area contributed by atoms with Crippen molar-refractivity contribution in [1.29, 1.82) is 0 Å². The molecule has 7 nitrogen and oxygen atoms in total. The van der Waals surface area contributed by atoms with Crippen LogP contribution < -0.4 is 5.32 Å². The first-order chi connectivity index (χ1) is 8.58. The maximum atomic E-state index is 10.9. The van der Waals surface area contributed by atoms with Crippen molar-refractivity contribution in [2.75, 3.05) is 5.32 Å². The number of hydrogen-bond acceptors (Lipinski definition) is 5. The summed E-state index contributed by atoms with van der Waals surface area (Å²) in [6.45, 7) is 0.393. The first-order valence-electron chi connectivity index (χ1n) is 5.03. The minimum absolute atomic E-state index is 0.00660. The highest BCUT2D eigenvalue weighted by atomic mass is 35.5. The minimum atomic E-state index is -1.09. The number of anilines is 1. The van der Waals surface area contributed by atoms with E-state index in [0.717, 1.165) is 0 Å². The molecule has 0 saturated heterocycles. The van der Waals surface area contributed by atoms with Crippen molar-refractivity contribution >= 4 is 23.4 Å². The van der Waals surface area contributed by atoms with Gasteiger partial charge in [0.2, 0.25) is 0 Å². The van der Waals surface area contributed by atoms with E-state index in [1.165, 1.54) is 12.3 Å². The van der Waals surface area contributed by atoms with Crippen LogP contribution in [0.2, 0.25) is 5.02 Å². The Morgan fingerprint density at radius 2 is 2.39 bits per heavy atom. The summed E-state index contributed by atoms with van der Waals surface area (Å²) in [5.74, 6) is 0.0348. The van der Waals surface area contributed by atoms with Crippen LogP contribution in [0.5, 0.6) is 0 Å². The molecular formula is C10H10ClN5O2. The van der Waals surface area contributed by atoms with E-state index in [2.05, 4.69) is 20.5 Å². The number of carbonyl (C=O) groups is 1. The lowest BCUT2D eigenvalue weighted by molar-refractivity contribution is 0.0697. The number of aromatic carboxylic acids is 1. The number of carboxylic acid groups (broad SMARTS) is 1. The van der Waals surface area contributed by atoms with Crippen LogP contribution in [0.3, 0.4) is 0 Å². The lowest BCUT2D eigenvalue weighted by Crippen LogP contribution is -2.08. The number of halogens is 1. The van der Waals surface area contributed by atoms with Gasteiger partial charge in [-0.25, -0.2) is 9.78 Å². The smallest absolute Gasteiger partial charge is 0.337 e. The second-order valence-corrected chi connectivity index (χ2v) is 3.97. The molecular weight excluding hydrogens is 258 g/mol. The first-order valence-corrected chi connectivity index (χ1v) is 5.41. The van der Waals surface area contributed by atoms with Crippen LogP contribution >= 0.6 is 11.6 Å². The van der Waals surface area contributed by atoms with Gasteiger partial charge in [0.05, 0.1) is 17.1 Å². The van der Waals surface area contributed by atoms with E-state index in [1.54, 1.807) is 10.9 Å². The molecule has 0 aliphatic carbocycles. The molecule has 8 heteroatoms. The standard InChI is InChI=1S/C10H10ClN5O2/c1-16-5-14-15-9(16)4-13-8-2-6(10(17)18)7(11)3-12-8/h2-3,5H,4H2,1H3,(H,12,13)(H,17,18). The Morgan fingerprint density at radius 3 is 3.00 bits per heavy atom. The maximum absolute atomic E-state index is 10.9. The van der Waals surface area contributed by atoms with Crippen LogP contribution in [0.15, 0.2) is 18.6 Å². The van der Waals surface area contributed by atoms with Gasteiger partial charge < -0.3 is 15.0 Å². The summed E-state index contributed by atoms with van der Waals surface area (Å²) in [7, 11) is 1.81. The average molecular weight is 268 g/mol. The largest absolute Gasteiger partial charge is 0.478 e. The SMILES string of the molecule is Cn1cnnc1CNc1cc(C(=O)O)c(Cl)cn1. The lowest BCUT2D eigenvalue weighted by atomic mass is 10.2. The third kappa shape index (κ3) is 2.57. The van der Waals surface area contributed by atoms with Crippen LogP contribution in [-0.4, -0.2) is 30.8 Å². The van der Waals surface area contributed by atoms with Gasteiger partial charge in [0.15, 0.2) is 5.82 Å². The highest BCUT2D eigenvalue weighted by Gasteiger charge is 2.10. The number of rotatable bonds is 4. The van der Waals surface area contributed by atoms with E-state index < -0.39 is 5.97 Å². The predicted molar refractivity (Wildman–Crippen MR) is 64.5 cm³/mol. The zero-order valence-corrected chi connectivity index (χ0v) is 10.2. The summed E-state index contributed by atoms with van der Waals surface area (Å²) in [4.78, 5) is 14.9. The summed E-state index contributed by atoms with van der Waals surface area (Å²) in [5, 5.41) is 19.6. The number of nitrogens with zero attached hydrogens (tertiary/aromatic N) is 4. The number of carboxylic acids is 1. The van der Waals surface area contributed by atoms with Crippen molar-refractivity contribution in [1.82, 2.24) is 19.7 Å². The van der Waals surface area contributed by atoms with E-state index >= 15 is 0 Å². The quantitative estimate of drug-likeness (QED) is 0.864. The first kappa shape index (κ1) is 12.3. The maximum Gasteiger partial charge on any atom is 0.337 e. The average Bonchev–Trinajstić information content (AvgIpc) is 2.73. The van der Waals surface area contributed by atoms with Crippen LogP contribution in [0.4, 0.5) is 5.82 Å². The predicted octanol–water partition coefficient (Wildman–Crippen LogP) is 1.17. The Morgan fingerprint density at radius 1 is 1.61 bits per heavy atom. The van der Waals surface area contributed by atoms with Gasteiger partial charge in [0.25, 0.3) is 0 Å². The minimum Gasteiger partial charge on any atom is -0.478 e. The van der Waals surface area contributed by atoms with E-state index in [-0.39, 0.29) is 10.6 Å². The Hall–Kier alpha value is -2.15. The molecule has 0 spiro atoms. The Kier molecular flexibility index (Phi) is 3.42. The van der Waals surface area contributed by atoms with Crippen molar-refractivity contribution < 1.29 is 9.90 Å². The van der Waals surface area contributed by atoms with Gasteiger partial charge >= 0.3 is 5.97 Å². The van der Waals surface area contributed by atoms with E-state index in [4.69, 9.17) is 16.7 Å². The summed E-state index contributed by atoms with van der Waals surface area (Å²) < 4.78 is 1.75. The van der Waals surface area contributed by atoms with Gasteiger partial charge in [0.1, 0.15) is 12.1 Å². The number of pyridine rings is 1. The van der Waals surface area contributed by atoms with E-state index in [0.29, 0.717) is 18.2 Å². The molecule has 94 valence electrons. The fourth-order valence-electron chi connectivity index (χ4n) is 1.34. The molecule has 2 rings (SSSR count). The molecule has 0 unspecified atom stereocenters. The van der Waals surface area contributed by atoms with Crippen molar-refractivity contribution in [3.8, 4) is 0 Å². The van der Waals surface area contributed by atoms with Crippen LogP contribution in [0.1, 0.15) is 16.2 Å². The highest BCUT2D eigenvalue weighted by Crippen LogP contribution is 2.18. The van der Waals surface area contributed by atoms with Gasteiger partial charge in [-0.15, -0.1) is 10.2 Å². The normalized spacial score (nSPS) is 10.3. The molecule has 2 heterocycles. The Labute approximate surface area is 107 Å². The molecule has 2 aromatic heterocycles. The lowest BCUT2D eigenvalue weighted by Gasteiger charge is -2.06. The molecule has 0 radical (unpaired) electrons. The molecule has 0 aromatic carbocycles. The monoisotopic (exact) mass is 267 g/mol. The molecule has 0 amide bonds. The van der Waals surface area contributed by atoms with Crippen molar-refractivity contribution in [2.45, 2.75) is 6.54 Å². The van der Waals surface area contributed by atoms with E-state index in [1.807, 2.05) is 7.05 Å². The zero-order chi connectivity index (χ0) is 13.1. The Bertz CT molecular complexity index is 583. The van der Waals surface area contributed by atoms with Crippen molar-refractivity contribution in [3.63, 3.8) is 0 Å². The summed E-state index contributed by atoms with van der Waals surface area (Å²) >= 11 is 5.72. The molecule has 0 aliphatic heterocycles. The van der Waals surface area contributed by atoms with Crippen molar-refractivity contribution in [2.24, 2.45) is 7.05 Å². The topological polar surface area (TPSA) is 92.9 Å². The molecule has 0 saturated carbocycles. The number of aryl methyl sites for hydroxylation is 1. The van der Waals surface area contributed by atoms with Gasteiger partial charge in [-0.2, -0.15) is 0 Å². The molecule has 0 fully saturated rings. The number of nitrogens with one attached hydrogen (secondary N) is 1. The van der Waals surface area contributed by atoms with Crippen LogP contribution in [0.25, 0.3) is 0 Å². The summed E-state index contributed by atoms with van der Waals surface area (Å²) in [5.41, 5.74) is 0.00660. The number of aromatic nitrogens is 4. The second kappa shape index (κ2) is 5.01. The number of hydrogen-bond donors (Lipinski definition) is 2. The molecule has 0 bridgehead atoms. The van der Waals surface area contributed by atoms with Gasteiger partial charge in [0, 0.05) is 13.2 Å². The van der Waals surface area contributed by atoms with Gasteiger partial charge in [-0.1, -0.05) is 11.6 Å². The zero-order valence-electron chi connectivity index (χ0n) is 9.46. The fraction of sp³-hybridized carbons (Fsp3) is 0.200. The fourth-order valence-corrected chi connectivity index (χ4v) is 1.52.